The Bertz CT molecular complexity index is 447. The highest BCUT2D eigenvalue weighted by atomic mass is 16.5. The zero-order chi connectivity index (χ0) is 15.8. The Morgan fingerprint density at radius 2 is 2.10 bits per heavy atom. The van der Waals surface area contributed by atoms with Crippen molar-refractivity contribution in [3.05, 3.63) is 18.3 Å². The lowest BCUT2D eigenvalue weighted by molar-refractivity contribution is -0.117. The molecule has 3 N–H and O–H groups in total. The Hall–Kier alpha value is -1.62. The van der Waals surface area contributed by atoms with Crippen LogP contribution in [0.1, 0.15) is 40.5 Å². The van der Waals surface area contributed by atoms with Crippen molar-refractivity contribution in [2.75, 3.05) is 11.9 Å². The second kappa shape index (κ2) is 8.62. The van der Waals surface area contributed by atoms with Crippen LogP contribution in [0, 0.1) is 11.8 Å². The van der Waals surface area contributed by atoms with Gasteiger partial charge in [-0.1, -0.05) is 13.8 Å². The van der Waals surface area contributed by atoms with Crippen LogP contribution >= 0.6 is 0 Å². The van der Waals surface area contributed by atoms with Gasteiger partial charge in [0.2, 0.25) is 11.8 Å². The molecule has 0 spiro atoms. The van der Waals surface area contributed by atoms with E-state index in [1.165, 1.54) is 0 Å². The van der Waals surface area contributed by atoms with E-state index in [-0.39, 0.29) is 17.9 Å². The number of carbonyl (C=O) groups excluding carboxylic acids is 1. The number of hydrogen-bond donors (Lipinski definition) is 2. The number of nitrogens with one attached hydrogen (secondary N) is 1. The summed E-state index contributed by atoms with van der Waals surface area (Å²) in [6.07, 6.45) is 3.03. The molecule has 1 aromatic heterocycles. The van der Waals surface area contributed by atoms with Gasteiger partial charge in [-0.25, -0.2) is 4.98 Å². The molecule has 0 aliphatic heterocycles. The molecular formula is C16H27N3O2. The molecule has 0 radical (unpaired) electrons. The molecule has 0 fully saturated rings. The van der Waals surface area contributed by atoms with Crippen LogP contribution in [-0.2, 0) is 4.79 Å². The topological polar surface area (TPSA) is 77.2 Å². The number of aromatic nitrogens is 1. The second-order valence-corrected chi connectivity index (χ2v) is 6.01. The summed E-state index contributed by atoms with van der Waals surface area (Å²) in [6.45, 7) is 8.64. The van der Waals surface area contributed by atoms with Crippen LogP contribution in [0.5, 0.6) is 5.88 Å². The summed E-state index contributed by atoms with van der Waals surface area (Å²) in [6, 6.07) is 3.57. The minimum absolute atomic E-state index is 0.00767. The smallest absolute Gasteiger partial charge is 0.238 e. The number of anilines is 1. The van der Waals surface area contributed by atoms with Gasteiger partial charge in [-0.2, -0.15) is 0 Å². The van der Waals surface area contributed by atoms with E-state index in [4.69, 9.17) is 10.5 Å². The van der Waals surface area contributed by atoms with Crippen LogP contribution in [0.4, 0.5) is 5.69 Å². The van der Waals surface area contributed by atoms with Crippen LogP contribution in [-0.4, -0.2) is 23.5 Å². The van der Waals surface area contributed by atoms with Gasteiger partial charge in [0.15, 0.2) is 0 Å². The molecule has 1 unspecified atom stereocenters. The van der Waals surface area contributed by atoms with Gasteiger partial charge in [-0.05, 0) is 50.8 Å². The van der Waals surface area contributed by atoms with Crippen molar-refractivity contribution in [3.8, 4) is 5.88 Å². The van der Waals surface area contributed by atoms with E-state index in [2.05, 4.69) is 24.1 Å². The number of carbonyl (C=O) groups is 1. The fourth-order valence-electron chi connectivity index (χ4n) is 2.20. The van der Waals surface area contributed by atoms with E-state index >= 15 is 0 Å². The maximum atomic E-state index is 12.2. The van der Waals surface area contributed by atoms with Gasteiger partial charge in [0.25, 0.3) is 0 Å². The fourth-order valence-corrected chi connectivity index (χ4v) is 2.20. The first-order chi connectivity index (χ1) is 9.92. The average Bonchev–Trinajstić information content (AvgIpc) is 2.39. The zero-order valence-electron chi connectivity index (χ0n) is 13.4. The summed E-state index contributed by atoms with van der Waals surface area (Å²) < 4.78 is 5.59. The molecule has 0 saturated carbocycles. The maximum absolute atomic E-state index is 12.2. The number of nitrogens with zero attached hydrogens (tertiary/aromatic N) is 1. The zero-order valence-corrected chi connectivity index (χ0v) is 13.4. The Balaban J connectivity index is 2.65. The Labute approximate surface area is 127 Å². The van der Waals surface area contributed by atoms with E-state index in [0.29, 0.717) is 30.5 Å². The first kappa shape index (κ1) is 17.4. The summed E-state index contributed by atoms with van der Waals surface area (Å²) in [5.41, 5.74) is 6.35. The monoisotopic (exact) mass is 293 g/mol. The number of pyridine rings is 1. The Morgan fingerprint density at radius 1 is 1.38 bits per heavy atom. The third-order valence-corrected chi connectivity index (χ3v) is 3.00. The molecule has 118 valence electrons. The second-order valence-electron chi connectivity index (χ2n) is 6.01. The minimum Gasteiger partial charge on any atom is -0.473 e. The molecule has 1 amide bonds. The molecule has 1 rings (SSSR count). The van der Waals surface area contributed by atoms with E-state index in [1.807, 2.05) is 13.8 Å². The number of rotatable bonds is 8. The molecule has 0 aliphatic carbocycles. The third kappa shape index (κ3) is 6.58. The molecule has 0 bridgehead atoms. The van der Waals surface area contributed by atoms with Crippen molar-refractivity contribution in [2.24, 2.45) is 17.6 Å². The van der Waals surface area contributed by atoms with E-state index < -0.39 is 0 Å². The first-order valence-corrected chi connectivity index (χ1v) is 7.54. The van der Waals surface area contributed by atoms with Gasteiger partial charge in [-0.3, -0.25) is 4.79 Å². The molecule has 1 heterocycles. The summed E-state index contributed by atoms with van der Waals surface area (Å²) in [5, 5.41) is 2.87. The predicted molar refractivity (Wildman–Crippen MR) is 85.2 cm³/mol. The molecule has 5 heteroatoms. The van der Waals surface area contributed by atoms with Crippen molar-refractivity contribution < 1.29 is 9.53 Å². The molecule has 1 aromatic rings. The van der Waals surface area contributed by atoms with E-state index in [1.54, 1.807) is 18.3 Å². The van der Waals surface area contributed by atoms with E-state index in [9.17, 15) is 4.79 Å². The van der Waals surface area contributed by atoms with Crippen LogP contribution in [0.25, 0.3) is 0 Å². The third-order valence-electron chi connectivity index (χ3n) is 3.00. The van der Waals surface area contributed by atoms with Gasteiger partial charge in [0.1, 0.15) is 5.69 Å². The molecule has 21 heavy (non-hydrogen) atoms. The van der Waals surface area contributed by atoms with Crippen molar-refractivity contribution >= 4 is 11.6 Å². The van der Waals surface area contributed by atoms with Gasteiger partial charge < -0.3 is 15.8 Å². The summed E-state index contributed by atoms with van der Waals surface area (Å²) in [5.74, 6) is 1.14. The SMILES string of the molecule is CC(C)CC(CN)CC(=O)Nc1cccnc1OC(C)C. The van der Waals surface area contributed by atoms with Crippen LogP contribution in [0.3, 0.4) is 0 Å². The lowest BCUT2D eigenvalue weighted by Crippen LogP contribution is -2.24. The van der Waals surface area contributed by atoms with E-state index in [0.717, 1.165) is 6.42 Å². The lowest BCUT2D eigenvalue weighted by atomic mass is 9.94. The summed E-state index contributed by atoms with van der Waals surface area (Å²) in [4.78, 5) is 16.3. The number of hydrogen-bond acceptors (Lipinski definition) is 4. The quantitative estimate of drug-likeness (QED) is 0.772. The van der Waals surface area contributed by atoms with Gasteiger partial charge in [-0.15, -0.1) is 0 Å². The van der Waals surface area contributed by atoms with Crippen molar-refractivity contribution in [1.82, 2.24) is 4.98 Å². The molecule has 1 atom stereocenters. The Kier molecular flexibility index (Phi) is 7.15. The predicted octanol–water partition coefficient (Wildman–Crippen LogP) is 2.82. The Morgan fingerprint density at radius 3 is 2.67 bits per heavy atom. The highest BCUT2D eigenvalue weighted by Crippen LogP contribution is 2.23. The summed E-state index contributed by atoms with van der Waals surface area (Å²) >= 11 is 0. The molecule has 5 nitrogen and oxygen atoms in total. The highest BCUT2D eigenvalue weighted by Gasteiger charge is 2.16. The van der Waals surface area contributed by atoms with Gasteiger partial charge in [0, 0.05) is 12.6 Å². The standard InChI is InChI=1S/C16H27N3O2/c1-11(2)8-13(10-17)9-15(20)19-14-6-5-7-18-16(14)21-12(3)4/h5-7,11-13H,8-10,17H2,1-4H3,(H,19,20). The minimum atomic E-state index is -0.0484. The van der Waals surface area contributed by atoms with Crippen molar-refractivity contribution in [2.45, 2.75) is 46.6 Å². The number of ether oxygens (including phenoxy) is 1. The van der Waals surface area contributed by atoms with Crippen LogP contribution in [0.15, 0.2) is 18.3 Å². The van der Waals surface area contributed by atoms with Crippen molar-refractivity contribution in [3.63, 3.8) is 0 Å². The molecule has 0 aliphatic rings. The largest absolute Gasteiger partial charge is 0.473 e. The van der Waals surface area contributed by atoms with Crippen molar-refractivity contribution in [1.29, 1.82) is 0 Å². The molecule has 0 saturated heterocycles. The molecule has 0 aromatic carbocycles. The summed E-state index contributed by atoms with van der Waals surface area (Å²) in [7, 11) is 0. The molecular weight excluding hydrogens is 266 g/mol. The first-order valence-electron chi connectivity index (χ1n) is 7.54. The lowest BCUT2D eigenvalue weighted by Gasteiger charge is -2.17. The normalized spacial score (nSPS) is 12.5. The fraction of sp³-hybridized carbons (Fsp3) is 0.625. The maximum Gasteiger partial charge on any atom is 0.238 e. The van der Waals surface area contributed by atoms with Crippen LogP contribution in [0.2, 0.25) is 0 Å². The number of nitrogens with two attached hydrogens (primary N) is 1. The average molecular weight is 293 g/mol. The number of amides is 1. The van der Waals surface area contributed by atoms with Crippen LogP contribution < -0.4 is 15.8 Å². The van der Waals surface area contributed by atoms with Gasteiger partial charge >= 0.3 is 0 Å². The highest BCUT2D eigenvalue weighted by molar-refractivity contribution is 5.92. The van der Waals surface area contributed by atoms with Gasteiger partial charge in [0.05, 0.1) is 6.10 Å².